The molecule has 0 aliphatic carbocycles. The summed E-state index contributed by atoms with van der Waals surface area (Å²) in [5.74, 6) is 0. The van der Waals surface area contributed by atoms with Gasteiger partial charge >= 0.3 is 0 Å². The van der Waals surface area contributed by atoms with Gasteiger partial charge in [-0.15, -0.1) is 0 Å². The van der Waals surface area contributed by atoms with Crippen molar-refractivity contribution < 1.29 is 0 Å². The molecule has 10 heavy (non-hydrogen) atoms. The van der Waals surface area contributed by atoms with Crippen LogP contribution in [0.25, 0.3) is 0 Å². The Morgan fingerprint density at radius 2 is 2.00 bits per heavy atom. The van der Waals surface area contributed by atoms with Gasteiger partial charge in [-0.2, -0.15) is 0 Å². The highest BCUT2D eigenvalue weighted by molar-refractivity contribution is 14.1. The lowest BCUT2D eigenvalue weighted by Gasteiger charge is -2.20. The summed E-state index contributed by atoms with van der Waals surface area (Å²) in [7, 11) is 2.04. The van der Waals surface area contributed by atoms with E-state index in [9.17, 15) is 0 Å². The van der Waals surface area contributed by atoms with Gasteiger partial charge in [0.25, 0.3) is 0 Å². The Bertz CT molecular complexity index is 184. The standard InChI is InChI=1S/C7H13IN2/c1-5-6(2)10(4)9-7(5,3)8/h9H,1-4H3/t7-/m1/s1. The smallest absolute Gasteiger partial charge is 0.108 e. The molecule has 1 aliphatic heterocycles. The number of rotatable bonds is 0. The molecule has 0 saturated heterocycles. The fourth-order valence-electron chi connectivity index (χ4n) is 1.07. The van der Waals surface area contributed by atoms with Gasteiger partial charge < -0.3 is 5.01 Å². The summed E-state index contributed by atoms with van der Waals surface area (Å²) in [6, 6.07) is 0. The average Bonchev–Trinajstić information content (AvgIpc) is 1.95. The second-order valence-corrected chi connectivity index (χ2v) is 5.04. The largest absolute Gasteiger partial charge is 0.314 e. The van der Waals surface area contributed by atoms with Crippen LogP contribution in [0.5, 0.6) is 0 Å². The van der Waals surface area contributed by atoms with Gasteiger partial charge in [-0.25, -0.2) is 5.43 Å². The van der Waals surface area contributed by atoms with E-state index in [0.29, 0.717) is 0 Å². The van der Waals surface area contributed by atoms with Crippen molar-refractivity contribution in [3.8, 4) is 0 Å². The van der Waals surface area contributed by atoms with Gasteiger partial charge in [0, 0.05) is 12.7 Å². The number of alkyl halides is 1. The van der Waals surface area contributed by atoms with Crippen molar-refractivity contribution in [1.29, 1.82) is 0 Å². The van der Waals surface area contributed by atoms with E-state index in [2.05, 4.69) is 53.8 Å². The van der Waals surface area contributed by atoms with Gasteiger partial charge in [0.15, 0.2) is 0 Å². The number of allylic oxidation sites excluding steroid dienone is 1. The van der Waals surface area contributed by atoms with Gasteiger partial charge in [-0.3, -0.25) is 0 Å². The molecule has 3 heteroatoms. The first-order valence-corrected chi connectivity index (χ1v) is 4.41. The van der Waals surface area contributed by atoms with E-state index >= 15 is 0 Å². The lowest BCUT2D eigenvalue weighted by Crippen LogP contribution is -2.39. The molecule has 0 aromatic carbocycles. The summed E-state index contributed by atoms with van der Waals surface area (Å²) in [5, 5.41) is 2.07. The summed E-state index contributed by atoms with van der Waals surface area (Å²) in [6.45, 7) is 6.47. The summed E-state index contributed by atoms with van der Waals surface area (Å²) >= 11 is 2.41. The zero-order valence-corrected chi connectivity index (χ0v) is 8.98. The first-order valence-electron chi connectivity index (χ1n) is 3.33. The third-order valence-electron chi connectivity index (χ3n) is 2.13. The summed E-state index contributed by atoms with van der Waals surface area (Å²) in [4.78, 5) is 0. The van der Waals surface area contributed by atoms with Crippen LogP contribution < -0.4 is 5.43 Å². The van der Waals surface area contributed by atoms with E-state index in [-0.39, 0.29) is 3.55 Å². The quantitative estimate of drug-likeness (QED) is 0.402. The van der Waals surface area contributed by atoms with Crippen molar-refractivity contribution >= 4 is 22.6 Å². The van der Waals surface area contributed by atoms with E-state index in [1.54, 1.807) is 0 Å². The first-order chi connectivity index (χ1) is 4.45. The molecule has 1 rings (SSSR count). The van der Waals surface area contributed by atoms with Crippen molar-refractivity contribution in [1.82, 2.24) is 10.4 Å². The molecule has 0 bridgehead atoms. The van der Waals surface area contributed by atoms with Crippen LogP contribution in [0.1, 0.15) is 20.8 Å². The van der Waals surface area contributed by atoms with Gasteiger partial charge in [0.1, 0.15) is 3.55 Å². The fraction of sp³-hybridized carbons (Fsp3) is 0.714. The summed E-state index contributed by atoms with van der Waals surface area (Å²) in [5.41, 5.74) is 6.08. The molecule has 1 atom stereocenters. The van der Waals surface area contributed by atoms with Crippen LogP contribution in [0.2, 0.25) is 0 Å². The van der Waals surface area contributed by atoms with Gasteiger partial charge in [-0.1, -0.05) is 22.6 Å². The zero-order valence-electron chi connectivity index (χ0n) is 6.83. The normalized spacial score (nSPS) is 33.9. The van der Waals surface area contributed by atoms with Gasteiger partial charge in [0.05, 0.1) is 0 Å². The van der Waals surface area contributed by atoms with E-state index in [1.165, 1.54) is 11.3 Å². The third-order valence-corrected chi connectivity index (χ3v) is 3.18. The minimum absolute atomic E-state index is 0.122. The summed E-state index contributed by atoms with van der Waals surface area (Å²) < 4.78 is 0.122. The Morgan fingerprint density at radius 3 is 2.10 bits per heavy atom. The maximum absolute atomic E-state index is 3.34. The second-order valence-electron chi connectivity index (χ2n) is 2.88. The Kier molecular flexibility index (Phi) is 1.98. The molecular formula is C7H13IN2. The molecule has 1 aliphatic rings. The summed E-state index contributed by atoms with van der Waals surface area (Å²) in [6.07, 6.45) is 0. The molecule has 58 valence electrons. The third kappa shape index (κ3) is 1.16. The minimum Gasteiger partial charge on any atom is -0.314 e. The van der Waals surface area contributed by atoms with E-state index in [4.69, 9.17) is 0 Å². The van der Waals surface area contributed by atoms with E-state index < -0.39 is 0 Å². The van der Waals surface area contributed by atoms with E-state index in [1.807, 2.05) is 7.05 Å². The van der Waals surface area contributed by atoms with Crippen molar-refractivity contribution in [3.63, 3.8) is 0 Å². The first kappa shape index (κ1) is 8.33. The highest BCUT2D eigenvalue weighted by Gasteiger charge is 2.31. The minimum atomic E-state index is 0.122. The predicted octanol–water partition coefficient (Wildman–Crippen LogP) is 1.88. The van der Waals surface area contributed by atoms with Crippen LogP contribution in [-0.2, 0) is 0 Å². The molecule has 0 unspecified atom stereocenters. The molecular weight excluding hydrogens is 239 g/mol. The molecule has 0 radical (unpaired) electrons. The maximum atomic E-state index is 3.34. The van der Waals surface area contributed by atoms with Crippen molar-refractivity contribution in [3.05, 3.63) is 11.3 Å². The Hall–Kier alpha value is 0.230. The van der Waals surface area contributed by atoms with Gasteiger partial charge in [-0.05, 0) is 26.3 Å². The number of hydrogen-bond acceptors (Lipinski definition) is 2. The van der Waals surface area contributed by atoms with Gasteiger partial charge in [0.2, 0.25) is 0 Å². The molecule has 0 spiro atoms. The maximum Gasteiger partial charge on any atom is 0.108 e. The monoisotopic (exact) mass is 252 g/mol. The molecule has 1 heterocycles. The zero-order chi connectivity index (χ0) is 7.94. The number of halogens is 1. The topological polar surface area (TPSA) is 15.3 Å². The van der Waals surface area contributed by atoms with E-state index in [0.717, 1.165) is 0 Å². The lowest BCUT2D eigenvalue weighted by molar-refractivity contribution is 0.309. The lowest BCUT2D eigenvalue weighted by atomic mass is 10.1. The highest BCUT2D eigenvalue weighted by Crippen LogP contribution is 2.32. The van der Waals surface area contributed by atoms with Crippen molar-refractivity contribution in [2.24, 2.45) is 0 Å². The molecule has 0 fully saturated rings. The van der Waals surface area contributed by atoms with Crippen LogP contribution in [0, 0.1) is 0 Å². The SMILES string of the molecule is CC1=C(C)[C@](C)(I)NN1C. The van der Waals surface area contributed by atoms with Crippen LogP contribution in [-0.4, -0.2) is 15.6 Å². The second kappa shape index (κ2) is 2.37. The fourth-order valence-corrected chi connectivity index (χ4v) is 1.83. The Balaban J connectivity index is 2.95. The molecule has 0 saturated carbocycles. The Morgan fingerprint density at radius 1 is 1.50 bits per heavy atom. The van der Waals surface area contributed by atoms with Crippen LogP contribution in [0.3, 0.4) is 0 Å². The number of hydrogen-bond donors (Lipinski definition) is 1. The van der Waals surface area contributed by atoms with Crippen LogP contribution in [0.15, 0.2) is 11.3 Å². The van der Waals surface area contributed by atoms with Crippen LogP contribution >= 0.6 is 22.6 Å². The van der Waals surface area contributed by atoms with Crippen molar-refractivity contribution in [2.75, 3.05) is 7.05 Å². The highest BCUT2D eigenvalue weighted by atomic mass is 127. The molecule has 0 aromatic heterocycles. The molecule has 2 nitrogen and oxygen atoms in total. The predicted molar refractivity (Wildman–Crippen MR) is 51.7 cm³/mol. The molecule has 0 aromatic rings. The Labute approximate surface area is 75.8 Å². The average molecular weight is 252 g/mol. The molecule has 1 N–H and O–H groups in total. The number of nitrogens with one attached hydrogen (secondary N) is 1. The van der Waals surface area contributed by atoms with Crippen molar-refractivity contribution in [2.45, 2.75) is 24.3 Å². The number of hydrazine groups is 1. The number of nitrogens with zero attached hydrogens (tertiary/aromatic N) is 1. The van der Waals surface area contributed by atoms with Crippen LogP contribution in [0.4, 0.5) is 0 Å². The molecule has 0 amide bonds.